The summed E-state index contributed by atoms with van der Waals surface area (Å²) >= 11 is 0. The summed E-state index contributed by atoms with van der Waals surface area (Å²) in [7, 11) is 0. The Bertz CT molecular complexity index is 599. The monoisotopic (exact) mass is 234 g/mol. The first kappa shape index (κ1) is 10.5. The first-order valence-electron chi connectivity index (χ1n) is 5.63. The number of nitrogens with one attached hydrogen (secondary N) is 2. The first-order valence-corrected chi connectivity index (χ1v) is 5.63. The van der Waals surface area contributed by atoms with Crippen LogP contribution in [0.5, 0.6) is 0 Å². The normalized spacial score (nSPS) is 16.2. The highest BCUT2D eigenvalue weighted by atomic mass is 19.1. The summed E-state index contributed by atoms with van der Waals surface area (Å²) in [5.74, 6) is -0.878. The molecular formula is C13H12F2N2. The minimum absolute atomic E-state index is 0.242. The molecule has 0 saturated carbocycles. The summed E-state index contributed by atoms with van der Waals surface area (Å²) in [5.41, 5.74) is 1.63. The van der Waals surface area contributed by atoms with Crippen LogP contribution in [0.3, 0.4) is 0 Å². The summed E-state index contributed by atoms with van der Waals surface area (Å²) in [6.07, 6.45) is 2.88. The van der Waals surface area contributed by atoms with E-state index in [1.807, 2.05) is 6.08 Å². The van der Waals surface area contributed by atoms with Gasteiger partial charge < -0.3 is 10.3 Å². The van der Waals surface area contributed by atoms with Crippen molar-refractivity contribution in [1.82, 2.24) is 10.3 Å². The van der Waals surface area contributed by atoms with Gasteiger partial charge in [-0.25, -0.2) is 4.39 Å². The van der Waals surface area contributed by atoms with E-state index in [2.05, 4.69) is 10.3 Å². The average Bonchev–Trinajstić information content (AvgIpc) is 2.68. The van der Waals surface area contributed by atoms with E-state index in [0.717, 1.165) is 18.5 Å². The quantitative estimate of drug-likeness (QED) is 0.780. The molecule has 1 aromatic carbocycles. The van der Waals surface area contributed by atoms with Crippen LogP contribution in [0.4, 0.5) is 8.78 Å². The third-order valence-electron chi connectivity index (χ3n) is 3.09. The van der Waals surface area contributed by atoms with E-state index in [4.69, 9.17) is 0 Å². The van der Waals surface area contributed by atoms with Gasteiger partial charge >= 0.3 is 0 Å². The average molecular weight is 234 g/mol. The zero-order chi connectivity index (χ0) is 11.8. The minimum Gasteiger partial charge on any atom is -0.329 e. The molecule has 2 nitrogen and oxygen atoms in total. The third kappa shape index (κ3) is 1.65. The van der Waals surface area contributed by atoms with Crippen molar-refractivity contribution in [2.45, 2.75) is 6.42 Å². The maximum atomic E-state index is 13.9. The number of hydrogen-bond acceptors (Lipinski definition) is 1. The summed E-state index contributed by atoms with van der Waals surface area (Å²) < 4.78 is 27.4. The minimum atomic E-state index is -0.458. The standard InChI is InChI=1S/C13H12F2N2/c14-10-5-1-4-9-11(13(15)17-12(9)10)8-3-2-6-16-7-8/h1,3-5,16-17H,2,6-7H2. The molecule has 0 radical (unpaired) electrons. The van der Waals surface area contributed by atoms with Crippen LogP contribution in [0.15, 0.2) is 24.3 Å². The Labute approximate surface area is 97.3 Å². The van der Waals surface area contributed by atoms with Crippen LogP contribution in [0.1, 0.15) is 12.0 Å². The van der Waals surface area contributed by atoms with Crippen molar-refractivity contribution in [3.63, 3.8) is 0 Å². The van der Waals surface area contributed by atoms with Crippen molar-refractivity contribution in [2.24, 2.45) is 0 Å². The van der Waals surface area contributed by atoms with E-state index >= 15 is 0 Å². The smallest absolute Gasteiger partial charge is 0.199 e. The zero-order valence-electron chi connectivity index (χ0n) is 9.19. The maximum Gasteiger partial charge on any atom is 0.199 e. The number of halogens is 2. The van der Waals surface area contributed by atoms with Crippen LogP contribution in [-0.4, -0.2) is 18.1 Å². The van der Waals surface area contributed by atoms with Crippen LogP contribution < -0.4 is 5.32 Å². The molecule has 0 saturated heterocycles. The molecule has 3 rings (SSSR count). The number of rotatable bonds is 1. The molecule has 1 aliphatic heterocycles. The molecule has 2 N–H and O–H groups in total. The van der Waals surface area contributed by atoms with Crippen molar-refractivity contribution in [2.75, 3.05) is 13.1 Å². The number of benzene rings is 1. The van der Waals surface area contributed by atoms with Gasteiger partial charge in [0.25, 0.3) is 0 Å². The molecule has 0 atom stereocenters. The van der Waals surface area contributed by atoms with Crippen molar-refractivity contribution in [3.05, 3.63) is 41.6 Å². The number of H-pyrrole nitrogens is 1. The van der Waals surface area contributed by atoms with Crippen LogP contribution >= 0.6 is 0 Å². The van der Waals surface area contributed by atoms with E-state index in [1.165, 1.54) is 6.07 Å². The lowest BCUT2D eigenvalue weighted by Gasteiger charge is -2.13. The summed E-state index contributed by atoms with van der Waals surface area (Å²) in [6, 6.07) is 4.67. The predicted octanol–water partition coefficient (Wildman–Crippen LogP) is 2.82. The summed E-state index contributed by atoms with van der Waals surface area (Å²) in [4.78, 5) is 2.48. The van der Waals surface area contributed by atoms with Crippen LogP contribution in [0, 0.1) is 11.8 Å². The van der Waals surface area contributed by atoms with Gasteiger partial charge in [-0.2, -0.15) is 4.39 Å². The lowest BCUT2D eigenvalue weighted by atomic mass is 10.0. The maximum absolute atomic E-state index is 13.9. The Balaban J connectivity index is 2.25. The van der Waals surface area contributed by atoms with Crippen molar-refractivity contribution >= 4 is 16.5 Å². The van der Waals surface area contributed by atoms with Crippen LogP contribution in [0.2, 0.25) is 0 Å². The fourth-order valence-electron chi connectivity index (χ4n) is 2.30. The number of fused-ring (bicyclic) bond motifs is 1. The third-order valence-corrected chi connectivity index (χ3v) is 3.09. The predicted molar refractivity (Wildman–Crippen MR) is 63.7 cm³/mol. The van der Waals surface area contributed by atoms with Gasteiger partial charge in [0.1, 0.15) is 5.82 Å². The molecule has 0 unspecified atom stereocenters. The number of aromatic amines is 1. The molecular weight excluding hydrogens is 222 g/mol. The van der Waals surface area contributed by atoms with Gasteiger partial charge in [-0.15, -0.1) is 0 Å². The van der Waals surface area contributed by atoms with Gasteiger partial charge in [-0.1, -0.05) is 18.2 Å². The Kier molecular flexibility index (Phi) is 2.44. The molecule has 1 aromatic heterocycles. The Hall–Kier alpha value is -1.68. The Morgan fingerprint density at radius 3 is 2.82 bits per heavy atom. The summed E-state index contributed by atoms with van der Waals surface area (Å²) in [5, 5.41) is 3.80. The fraction of sp³-hybridized carbons (Fsp3) is 0.231. The molecule has 0 bridgehead atoms. The number of para-hydroxylation sites is 1. The van der Waals surface area contributed by atoms with Crippen LogP contribution in [-0.2, 0) is 0 Å². The second kappa shape index (κ2) is 3.96. The van der Waals surface area contributed by atoms with Gasteiger partial charge in [-0.05, 0) is 24.6 Å². The lowest BCUT2D eigenvalue weighted by molar-refractivity contribution is 0.584. The molecule has 88 valence electrons. The molecule has 0 amide bonds. The van der Waals surface area contributed by atoms with E-state index in [1.54, 1.807) is 12.1 Å². The van der Waals surface area contributed by atoms with E-state index in [-0.39, 0.29) is 5.52 Å². The van der Waals surface area contributed by atoms with Gasteiger partial charge in [0, 0.05) is 17.5 Å². The van der Waals surface area contributed by atoms with Gasteiger partial charge in [0.15, 0.2) is 5.95 Å². The van der Waals surface area contributed by atoms with Gasteiger partial charge in [0.2, 0.25) is 0 Å². The molecule has 0 spiro atoms. The second-order valence-electron chi connectivity index (χ2n) is 4.17. The van der Waals surface area contributed by atoms with Gasteiger partial charge in [0.05, 0.1) is 5.52 Å². The Morgan fingerprint density at radius 2 is 2.06 bits per heavy atom. The van der Waals surface area contributed by atoms with Gasteiger partial charge in [-0.3, -0.25) is 0 Å². The zero-order valence-corrected chi connectivity index (χ0v) is 9.19. The number of aromatic nitrogens is 1. The lowest BCUT2D eigenvalue weighted by Crippen LogP contribution is -2.21. The highest BCUT2D eigenvalue weighted by Crippen LogP contribution is 2.30. The SMILES string of the molecule is Fc1[nH]c2c(F)cccc2c1C1=CCCNC1. The fourth-order valence-corrected chi connectivity index (χ4v) is 2.30. The van der Waals surface area contributed by atoms with Crippen LogP contribution in [0.25, 0.3) is 16.5 Å². The first-order chi connectivity index (χ1) is 8.27. The molecule has 2 heterocycles. The molecule has 2 aromatic rings. The highest BCUT2D eigenvalue weighted by Gasteiger charge is 2.18. The second-order valence-corrected chi connectivity index (χ2v) is 4.17. The molecule has 17 heavy (non-hydrogen) atoms. The largest absolute Gasteiger partial charge is 0.329 e. The van der Waals surface area contributed by atoms with Crippen molar-refractivity contribution in [3.8, 4) is 0 Å². The van der Waals surface area contributed by atoms with Crippen molar-refractivity contribution in [1.29, 1.82) is 0 Å². The molecule has 1 aliphatic rings. The molecule has 0 aliphatic carbocycles. The molecule has 4 heteroatoms. The number of hydrogen-bond donors (Lipinski definition) is 2. The highest BCUT2D eigenvalue weighted by molar-refractivity contribution is 5.93. The topological polar surface area (TPSA) is 27.8 Å². The summed E-state index contributed by atoms with van der Waals surface area (Å²) in [6.45, 7) is 1.53. The van der Waals surface area contributed by atoms with E-state index in [0.29, 0.717) is 17.5 Å². The van der Waals surface area contributed by atoms with E-state index < -0.39 is 11.8 Å². The molecule has 0 fully saturated rings. The Morgan fingerprint density at radius 1 is 1.18 bits per heavy atom. The van der Waals surface area contributed by atoms with Crippen molar-refractivity contribution < 1.29 is 8.78 Å². The van der Waals surface area contributed by atoms with E-state index in [9.17, 15) is 8.78 Å².